The Balaban J connectivity index is 1.93. The largest absolute Gasteiger partial charge is 0.364 e. The van der Waals surface area contributed by atoms with Crippen LogP contribution < -0.4 is 10.6 Å². The van der Waals surface area contributed by atoms with Crippen LogP contribution >= 0.6 is 0 Å². The Hall–Kier alpha value is -1.65. The van der Waals surface area contributed by atoms with E-state index in [1.807, 2.05) is 0 Å². The van der Waals surface area contributed by atoms with Gasteiger partial charge in [0.05, 0.1) is 12.4 Å². The fourth-order valence-corrected chi connectivity index (χ4v) is 2.40. The van der Waals surface area contributed by atoms with Crippen molar-refractivity contribution in [1.29, 1.82) is 0 Å². The van der Waals surface area contributed by atoms with Gasteiger partial charge in [0.1, 0.15) is 11.5 Å². The molecule has 2 rings (SSSR count). The second-order valence-electron chi connectivity index (χ2n) is 6.47. The number of carbonyl (C=O) groups excluding carboxylic acids is 1. The molecule has 0 aromatic carbocycles. The maximum atomic E-state index is 12.1. The Morgan fingerprint density at radius 1 is 1.15 bits per heavy atom. The second-order valence-corrected chi connectivity index (χ2v) is 6.47. The number of rotatable bonds is 3. The van der Waals surface area contributed by atoms with Crippen molar-refractivity contribution in [1.82, 2.24) is 15.3 Å². The highest BCUT2D eigenvalue weighted by atomic mass is 16.1. The van der Waals surface area contributed by atoms with Gasteiger partial charge in [-0.15, -0.1) is 0 Å². The van der Waals surface area contributed by atoms with Crippen LogP contribution in [0.5, 0.6) is 0 Å². The molecule has 0 aliphatic heterocycles. The Morgan fingerprint density at radius 2 is 1.85 bits per heavy atom. The van der Waals surface area contributed by atoms with Crippen LogP contribution in [0.1, 0.15) is 63.4 Å². The van der Waals surface area contributed by atoms with E-state index in [0.29, 0.717) is 17.6 Å². The lowest BCUT2D eigenvalue weighted by Gasteiger charge is -2.23. The van der Waals surface area contributed by atoms with Gasteiger partial charge in [-0.3, -0.25) is 4.79 Å². The average molecular weight is 276 g/mol. The number of hydrogen-bond acceptors (Lipinski definition) is 4. The molecule has 5 nitrogen and oxygen atoms in total. The molecule has 1 aliphatic rings. The van der Waals surface area contributed by atoms with Gasteiger partial charge in [-0.25, -0.2) is 9.97 Å². The molecular weight excluding hydrogens is 252 g/mol. The van der Waals surface area contributed by atoms with Gasteiger partial charge in [0.2, 0.25) is 0 Å². The van der Waals surface area contributed by atoms with Crippen LogP contribution in [0.4, 0.5) is 5.82 Å². The van der Waals surface area contributed by atoms with E-state index in [1.165, 1.54) is 25.5 Å². The second kappa shape index (κ2) is 6.20. The van der Waals surface area contributed by atoms with E-state index >= 15 is 0 Å². The summed E-state index contributed by atoms with van der Waals surface area (Å²) in [5.41, 5.74) is 0.315. The lowest BCUT2D eigenvalue weighted by molar-refractivity contribution is 0.0922. The topological polar surface area (TPSA) is 66.9 Å². The highest BCUT2D eigenvalue weighted by Gasteiger charge is 2.18. The van der Waals surface area contributed by atoms with Gasteiger partial charge < -0.3 is 10.6 Å². The maximum Gasteiger partial charge on any atom is 0.271 e. The first-order valence-electron chi connectivity index (χ1n) is 7.35. The minimum Gasteiger partial charge on any atom is -0.364 e. The fourth-order valence-electron chi connectivity index (χ4n) is 2.40. The number of nitrogens with zero attached hydrogens (tertiary/aromatic N) is 2. The zero-order valence-electron chi connectivity index (χ0n) is 12.6. The van der Waals surface area contributed by atoms with Crippen molar-refractivity contribution in [3.8, 4) is 0 Å². The molecule has 0 radical (unpaired) electrons. The van der Waals surface area contributed by atoms with E-state index < -0.39 is 0 Å². The molecule has 20 heavy (non-hydrogen) atoms. The molecule has 1 saturated carbocycles. The van der Waals surface area contributed by atoms with E-state index in [1.54, 1.807) is 6.20 Å². The van der Waals surface area contributed by atoms with Crippen LogP contribution in [-0.2, 0) is 0 Å². The number of aromatic nitrogens is 2. The van der Waals surface area contributed by atoms with Crippen molar-refractivity contribution in [2.45, 2.75) is 64.5 Å². The summed E-state index contributed by atoms with van der Waals surface area (Å²) in [6, 6.07) is 0.297. The van der Waals surface area contributed by atoms with Gasteiger partial charge >= 0.3 is 0 Å². The zero-order valence-corrected chi connectivity index (χ0v) is 12.6. The lowest BCUT2D eigenvalue weighted by atomic mass is 9.95. The summed E-state index contributed by atoms with van der Waals surface area (Å²) in [6.07, 6.45) is 8.97. The van der Waals surface area contributed by atoms with Gasteiger partial charge in [-0.2, -0.15) is 0 Å². The smallest absolute Gasteiger partial charge is 0.271 e. The average Bonchev–Trinajstić information content (AvgIpc) is 2.39. The molecule has 0 saturated heterocycles. The number of anilines is 1. The molecule has 110 valence electrons. The van der Waals surface area contributed by atoms with Gasteiger partial charge in [-0.1, -0.05) is 19.3 Å². The third kappa shape index (κ3) is 4.47. The third-order valence-electron chi connectivity index (χ3n) is 3.33. The van der Waals surface area contributed by atoms with E-state index in [-0.39, 0.29) is 11.4 Å². The minimum absolute atomic E-state index is 0.0689. The summed E-state index contributed by atoms with van der Waals surface area (Å²) in [5, 5.41) is 6.26. The zero-order chi connectivity index (χ0) is 14.6. The first-order valence-corrected chi connectivity index (χ1v) is 7.35. The summed E-state index contributed by atoms with van der Waals surface area (Å²) >= 11 is 0. The molecule has 1 amide bonds. The Bertz CT molecular complexity index is 444. The Labute approximate surface area is 120 Å². The molecule has 0 bridgehead atoms. The summed E-state index contributed by atoms with van der Waals surface area (Å²) in [5.74, 6) is 0.568. The molecule has 0 unspecified atom stereocenters. The molecule has 1 aliphatic carbocycles. The number of hydrogen-bond donors (Lipinski definition) is 2. The Morgan fingerprint density at radius 3 is 2.40 bits per heavy atom. The Kier molecular flexibility index (Phi) is 4.57. The highest BCUT2D eigenvalue weighted by molar-refractivity contribution is 5.92. The summed E-state index contributed by atoms with van der Waals surface area (Å²) in [7, 11) is 0. The normalized spacial score (nSPS) is 16.8. The summed E-state index contributed by atoms with van der Waals surface area (Å²) in [6.45, 7) is 6.16. The van der Waals surface area contributed by atoms with Crippen LogP contribution in [0.2, 0.25) is 0 Å². The van der Waals surface area contributed by atoms with Crippen molar-refractivity contribution in [2.75, 3.05) is 5.32 Å². The van der Waals surface area contributed by atoms with E-state index in [9.17, 15) is 4.79 Å². The first-order chi connectivity index (χ1) is 9.44. The van der Waals surface area contributed by atoms with Crippen molar-refractivity contribution >= 4 is 11.7 Å². The predicted molar refractivity (Wildman–Crippen MR) is 79.7 cm³/mol. The SMILES string of the molecule is CC(C)(C)Nc1cnc(C(=O)NC2CCCCC2)cn1. The van der Waals surface area contributed by atoms with E-state index in [2.05, 4.69) is 41.4 Å². The molecule has 5 heteroatoms. The monoisotopic (exact) mass is 276 g/mol. The number of carbonyl (C=O) groups is 1. The van der Waals surface area contributed by atoms with E-state index in [4.69, 9.17) is 0 Å². The maximum absolute atomic E-state index is 12.1. The van der Waals surface area contributed by atoms with Gasteiger partial charge in [0, 0.05) is 11.6 Å². The molecule has 1 aromatic heterocycles. The molecule has 0 atom stereocenters. The quantitative estimate of drug-likeness (QED) is 0.891. The molecule has 2 N–H and O–H groups in total. The predicted octanol–water partition coefficient (Wildman–Crippen LogP) is 2.75. The van der Waals surface area contributed by atoms with Crippen LogP contribution in [0, 0.1) is 0 Å². The van der Waals surface area contributed by atoms with Crippen molar-refractivity contribution in [3.05, 3.63) is 18.1 Å². The lowest BCUT2D eigenvalue weighted by Crippen LogP contribution is -2.36. The molecular formula is C15H24N4O. The van der Waals surface area contributed by atoms with Crippen LogP contribution in [0.3, 0.4) is 0 Å². The standard InChI is InChI=1S/C15H24N4O/c1-15(2,3)19-13-10-16-12(9-17-13)14(20)18-11-7-5-4-6-8-11/h9-11H,4-8H2,1-3H3,(H,17,19)(H,18,20). The van der Waals surface area contributed by atoms with E-state index in [0.717, 1.165) is 12.8 Å². The van der Waals surface area contributed by atoms with Gasteiger partial charge in [-0.05, 0) is 33.6 Å². The first kappa shape index (κ1) is 14.8. The summed E-state index contributed by atoms with van der Waals surface area (Å²) < 4.78 is 0. The third-order valence-corrected chi connectivity index (χ3v) is 3.33. The fraction of sp³-hybridized carbons (Fsp3) is 0.667. The van der Waals surface area contributed by atoms with Gasteiger partial charge in [0.15, 0.2) is 0 Å². The van der Waals surface area contributed by atoms with Crippen molar-refractivity contribution in [3.63, 3.8) is 0 Å². The van der Waals surface area contributed by atoms with Crippen LogP contribution in [0.25, 0.3) is 0 Å². The molecule has 1 aromatic rings. The summed E-state index contributed by atoms with van der Waals surface area (Å²) in [4.78, 5) is 20.5. The molecule has 1 fully saturated rings. The number of amides is 1. The van der Waals surface area contributed by atoms with Gasteiger partial charge in [0.25, 0.3) is 5.91 Å². The van der Waals surface area contributed by atoms with Crippen LogP contribution in [-0.4, -0.2) is 27.5 Å². The highest BCUT2D eigenvalue weighted by Crippen LogP contribution is 2.17. The molecule has 0 spiro atoms. The van der Waals surface area contributed by atoms with Crippen molar-refractivity contribution in [2.24, 2.45) is 0 Å². The number of nitrogens with one attached hydrogen (secondary N) is 2. The minimum atomic E-state index is -0.119. The van der Waals surface area contributed by atoms with Crippen LogP contribution in [0.15, 0.2) is 12.4 Å². The molecule has 1 heterocycles. The van der Waals surface area contributed by atoms with Crippen molar-refractivity contribution < 1.29 is 4.79 Å².